The lowest BCUT2D eigenvalue weighted by Crippen LogP contribution is -2.08. The molecule has 0 spiro atoms. The second-order valence-corrected chi connectivity index (χ2v) is 4.51. The molecule has 0 bridgehead atoms. The first kappa shape index (κ1) is 21.1. The number of carboxylic acids is 2. The zero-order valence-corrected chi connectivity index (χ0v) is 13.3. The van der Waals surface area contributed by atoms with Gasteiger partial charge in [0.1, 0.15) is 6.61 Å². The van der Waals surface area contributed by atoms with Gasteiger partial charge in [0.15, 0.2) is 0 Å². The van der Waals surface area contributed by atoms with Crippen LogP contribution in [0.2, 0.25) is 0 Å². The third-order valence-electron chi connectivity index (χ3n) is 2.56. The van der Waals surface area contributed by atoms with E-state index in [9.17, 15) is 19.2 Å². The largest absolute Gasteiger partial charge is 0.481 e. The summed E-state index contributed by atoms with van der Waals surface area (Å²) in [6, 6.07) is 9.37. The Hall–Kier alpha value is -2.90. The molecule has 0 aliphatic rings. The molecule has 2 N–H and O–H groups in total. The van der Waals surface area contributed by atoms with Crippen LogP contribution in [0.1, 0.15) is 31.2 Å². The Balaban J connectivity index is 0.000000561. The smallest absolute Gasteiger partial charge is 0.306 e. The Morgan fingerprint density at radius 3 is 1.79 bits per heavy atom. The summed E-state index contributed by atoms with van der Waals surface area (Å²) in [6.45, 7) is 0.237. The molecule has 0 aliphatic heterocycles. The standard InChI is InChI=1S/C12H14O4.C4H6O4/c1-15-11(13)7-8-12(14)16-9-10-5-3-2-4-6-10;5-3(6)1-2-4(7)8/h2-6H,7-9H2,1H3;1-2H2,(H,5,6)(H,7,8). The minimum Gasteiger partial charge on any atom is -0.481 e. The van der Waals surface area contributed by atoms with Crippen LogP contribution in [0.3, 0.4) is 0 Å². The molecule has 0 radical (unpaired) electrons. The fourth-order valence-corrected chi connectivity index (χ4v) is 1.33. The van der Waals surface area contributed by atoms with Gasteiger partial charge in [-0.25, -0.2) is 0 Å². The number of hydrogen-bond acceptors (Lipinski definition) is 6. The van der Waals surface area contributed by atoms with Gasteiger partial charge < -0.3 is 19.7 Å². The van der Waals surface area contributed by atoms with E-state index in [4.69, 9.17) is 14.9 Å². The first-order chi connectivity index (χ1) is 11.3. The van der Waals surface area contributed by atoms with Crippen LogP contribution in [0.5, 0.6) is 0 Å². The highest BCUT2D eigenvalue weighted by molar-refractivity contribution is 5.77. The summed E-state index contributed by atoms with van der Waals surface area (Å²) < 4.78 is 9.39. The minimum atomic E-state index is -1.08. The number of aliphatic carboxylic acids is 2. The predicted molar refractivity (Wildman–Crippen MR) is 82.0 cm³/mol. The Bertz CT molecular complexity index is 524. The van der Waals surface area contributed by atoms with E-state index in [0.717, 1.165) is 5.56 Å². The topological polar surface area (TPSA) is 127 Å². The van der Waals surface area contributed by atoms with E-state index in [-0.39, 0.29) is 32.3 Å². The molecule has 0 amide bonds. The molecule has 8 nitrogen and oxygen atoms in total. The average molecular weight is 340 g/mol. The van der Waals surface area contributed by atoms with Crippen molar-refractivity contribution < 1.29 is 38.9 Å². The van der Waals surface area contributed by atoms with E-state index in [2.05, 4.69) is 4.74 Å². The number of ether oxygens (including phenoxy) is 2. The van der Waals surface area contributed by atoms with Crippen molar-refractivity contribution in [3.05, 3.63) is 35.9 Å². The van der Waals surface area contributed by atoms with Gasteiger partial charge in [-0.05, 0) is 5.56 Å². The van der Waals surface area contributed by atoms with Crippen LogP contribution in [0.4, 0.5) is 0 Å². The lowest BCUT2D eigenvalue weighted by Gasteiger charge is -2.04. The van der Waals surface area contributed by atoms with Gasteiger partial charge in [-0.15, -0.1) is 0 Å². The average Bonchev–Trinajstić information content (AvgIpc) is 2.57. The first-order valence-corrected chi connectivity index (χ1v) is 7.05. The molecule has 132 valence electrons. The van der Waals surface area contributed by atoms with Crippen LogP contribution in [-0.4, -0.2) is 41.2 Å². The number of carbonyl (C=O) groups is 4. The van der Waals surface area contributed by atoms with Crippen molar-refractivity contribution in [2.45, 2.75) is 32.3 Å². The fourth-order valence-electron chi connectivity index (χ4n) is 1.33. The lowest BCUT2D eigenvalue weighted by molar-refractivity contribution is -0.149. The maximum atomic E-state index is 11.2. The Labute approximate surface area is 139 Å². The van der Waals surface area contributed by atoms with Crippen LogP contribution in [0.15, 0.2) is 30.3 Å². The highest BCUT2D eigenvalue weighted by Gasteiger charge is 2.07. The molecule has 0 unspecified atom stereocenters. The molecule has 0 aliphatic carbocycles. The number of rotatable bonds is 8. The summed E-state index contributed by atoms with van der Waals surface area (Å²) >= 11 is 0. The highest BCUT2D eigenvalue weighted by atomic mass is 16.5. The normalized spacial score (nSPS) is 9.21. The number of carbonyl (C=O) groups excluding carboxylic acids is 2. The summed E-state index contributed by atoms with van der Waals surface area (Å²) in [7, 11) is 1.29. The Kier molecular flexibility index (Phi) is 11.1. The van der Waals surface area contributed by atoms with Gasteiger partial charge in [0.05, 0.1) is 32.8 Å². The second-order valence-electron chi connectivity index (χ2n) is 4.51. The van der Waals surface area contributed by atoms with Crippen molar-refractivity contribution in [1.82, 2.24) is 0 Å². The van der Waals surface area contributed by atoms with Crippen LogP contribution in [0, 0.1) is 0 Å². The van der Waals surface area contributed by atoms with E-state index in [0.29, 0.717) is 0 Å². The molecule has 8 heteroatoms. The molecule has 1 aromatic rings. The molecule has 0 aromatic heterocycles. The van der Waals surface area contributed by atoms with Crippen molar-refractivity contribution in [1.29, 1.82) is 0 Å². The van der Waals surface area contributed by atoms with E-state index in [1.165, 1.54) is 7.11 Å². The van der Waals surface area contributed by atoms with Crippen molar-refractivity contribution in [3.8, 4) is 0 Å². The third kappa shape index (κ3) is 12.8. The highest BCUT2D eigenvalue weighted by Crippen LogP contribution is 2.02. The summed E-state index contributed by atoms with van der Waals surface area (Å²) in [6.07, 6.45) is -0.478. The van der Waals surface area contributed by atoms with Gasteiger partial charge in [0, 0.05) is 0 Å². The fraction of sp³-hybridized carbons (Fsp3) is 0.375. The maximum Gasteiger partial charge on any atom is 0.306 e. The summed E-state index contributed by atoms with van der Waals surface area (Å²) in [5, 5.41) is 15.8. The van der Waals surface area contributed by atoms with Crippen molar-refractivity contribution >= 4 is 23.9 Å². The number of hydrogen-bond donors (Lipinski definition) is 2. The molecule has 0 atom stereocenters. The summed E-state index contributed by atoms with van der Waals surface area (Å²) in [4.78, 5) is 41.2. The van der Waals surface area contributed by atoms with Crippen LogP contribution >= 0.6 is 0 Å². The van der Waals surface area contributed by atoms with E-state index in [1.807, 2.05) is 30.3 Å². The third-order valence-corrected chi connectivity index (χ3v) is 2.56. The molecular formula is C16H20O8. The monoisotopic (exact) mass is 340 g/mol. The van der Waals surface area contributed by atoms with Gasteiger partial charge >= 0.3 is 23.9 Å². The van der Waals surface area contributed by atoms with E-state index in [1.54, 1.807) is 0 Å². The second kappa shape index (κ2) is 12.6. The van der Waals surface area contributed by atoms with E-state index >= 15 is 0 Å². The van der Waals surface area contributed by atoms with E-state index < -0.39 is 23.9 Å². The first-order valence-electron chi connectivity index (χ1n) is 7.05. The molecule has 0 saturated carbocycles. The summed E-state index contributed by atoms with van der Waals surface area (Å²) in [5.41, 5.74) is 0.925. The van der Waals surface area contributed by atoms with Crippen LogP contribution in [0.25, 0.3) is 0 Å². The zero-order valence-electron chi connectivity index (χ0n) is 13.3. The lowest BCUT2D eigenvalue weighted by atomic mass is 10.2. The van der Waals surface area contributed by atoms with Crippen LogP contribution < -0.4 is 0 Å². The molecule has 24 heavy (non-hydrogen) atoms. The molecule has 1 rings (SSSR count). The number of methoxy groups -OCH3 is 1. The number of esters is 2. The molecule has 0 heterocycles. The van der Waals surface area contributed by atoms with Crippen molar-refractivity contribution in [3.63, 3.8) is 0 Å². The molecular weight excluding hydrogens is 320 g/mol. The maximum absolute atomic E-state index is 11.2. The molecule has 0 fully saturated rings. The minimum absolute atomic E-state index is 0.0551. The SMILES string of the molecule is COC(=O)CCC(=O)OCc1ccccc1.O=C(O)CCC(=O)O. The molecule has 0 saturated heterocycles. The predicted octanol–water partition coefficient (Wildman–Crippen LogP) is 1.62. The van der Waals surface area contributed by atoms with Gasteiger partial charge in [-0.3, -0.25) is 19.2 Å². The van der Waals surface area contributed by atoms with Gasteiger partial charge in [-0.2, -0.15) is 0 Å². The zero-order chi connectivity index (χ0) is 18.4. The number of benzene rings is 1. The Morgan fingerprint density at radius 2 is 1.33 bits per heavy atom. The van der Waals surface area contributed by atoms with Crippen molar-refractivity contribution in [2.75, 3.05) is 7.11 Å². The number of carboxylic acid groups (broad SMARTS) is 2. The quantitative estimate of drug-likeness (QED) is 0.683. The van der Waals surface area contributed by atoms with Gasteiger partial charge in [0.25, 0.3) is 0 Å². The van der Waals surface area contributed by atoms with Crippen molar-refractivity contribution in [2.24, 2.45) is 0 Å². The van der Waals surface area contributed by atoms with Gasteiger partial charge in [-0.1, -0.05) is 30.3 Å². The van der Waals surface area contributed by atoms with Crippen LogP contribution in [-0.2, 0) is 35.3 Å². The summed E-state index contributed by atoms with van der Waals surface area (Å²) in [5.74, 6) is -2.95. The Morgan fingerprint density at radius 1 is 0.833 bits per heavy atom. The molecule has 1 aromatic carbocycles. The van der Waals surface area contributed by atoms with Gasteiger partial charge in [0.2, 0.25) is 0 Å².